The van der Waals surface area contributed by atoms with Crippen LogP contribution in [0, 0.1) is 0 Å². The molecule has 0 saturated heterocycles. The molecular weight excluding hydrogens is 246 g/mol. The van der Waals surface area contributed by atoms with E-state index >= 15 is 0 Å². The molecule has 0 rings (SSSR count). The SMILES string of the molecule is O=C([O-])C(O)C(O)C(O)C(O)CO.[Na+].[Na+].[OH-]. The fourth-order valence-electron chi connectivity index (χ4n) is 0.662. The van der Waals surface area contributed by atoms with Gasteiger partial charge in [0.05, 0.1) is 12.6 Å². The molecule has 0 radical (unpaired) electrons. The van der Waals surface area contributed by atoms with Crippen LogP contribution in [0.1, 0.15) is 0 Å². The first kappa shape index (κ1) is 25.9. The Kier molecular flexibility index (Phi) is 20.6. The van der Waals surface area contributed by atoms with E-state index < -0.39 is 37.0 Å². The Hall–Kier alpha value is 1.23. The maximum Gasteiger partial charge on any atom is 1.00 e. The number of aliphatic hydroxyl groups excluding tert-OH is 5. The molecule has 10 heteroatoms. The molecule has 8 nitrogen and oxygen atoms in total. The van der Waals surface area contributed by atoms with Crippen LogP contribution >= 0.6 is 0 Å². The fraction of sp³-hybridized carbons (Fsp3) is 0.833. The average Bonchev–Trinajstić information content (AvgIpc) is 2.12. The van der Waals surface area contributed by atoms with Crippen LogP contribution in [0.5, 0.6) is 0 Å². The predicted molar refractivity (Wildman–Crippen MR) is 38.1 cm³/mol. The molecule has 0 spiro atoms. The number of hydrogen-bond acceptors (Lipinski definition) is 8. The van der Waals surface area contributed by atoms with E-state index in [0.29, 0.717) is 0 Å². The zero-order valence-corrected chi connectivity index (χ0v) is 13.0. The second-order valence-electron chi connectivity index (χ2n) is 2.49. The zero-order chi connectivity index (χ0) is 10.6. The molecule has 0 bridgehead atoms. The summed E-state index contributed by atoms with van der Waals surface area (Å²) in [5, 5.41) is 53.4. The molecule has 16 heavy (non-hydrogen) atoms. The molecule has 0 fully saturated rings. The number of aliphatic hydroxyl groups is 5. The first-order chi connectivity index (χ1) is 5.91. The van der Waals surface area contributed by atoms with Gasteiger partial charge in [-0.05, 0) is 0 Å². The van der Waals surface area contributed by atoms with Crippen molar-refractivity contribution in [1.29, 1.82) is 0 Å². The summed E-state index contributed by atoms with van der Waals surface area (Å²) < 4.78 is 0. The van der Waals surface area contributed by atoms with Crippen LogP contribution in [-0.2, 0) is 4.79 Å². The summed E-state index contributed by atoms with van der Waals surface area (Å²) in [4.78, 5) is 9.98. The van der Waals surface area contributed by atoms with E-state index in [1.807, 2.05) is 0 Å². The third-order valence-corrected chi connectivity index (χ3v) is 1.50. The van der Waals surface area contributed by atoms with Gasteiger partial charge in [0, 0.05) is 0 Å². The van der Waals surface area contributed by atoms with E-state index in [1.54, 1.807) is 0 Å². The van der Waals surface area contributed by atoms with Crippen molar-refractivity contribution >= 4 is 5.97 Å². The molecule has 0 aliphatic carbocycles. The van der Waals surface area contributed by atoms with Gasteiger partial charge in [0.1, 0.15) is 24.4 Å². The van der Waals surface area contributed by atoms with Gasteiger partial charge in [0.15, 0.2) is 0 Å². The van der Waals surface area contributed by atoms with Gasteiger partial charge in [-0.25, -0.2) is 0 Å². The first-order valence-electron chi connectivity index (χ1n) is 3.45. The summed E-state index contributed by atoms with van der Waals surface area (Å²) in [6.07, 6.45) is -8.08. The van der Waals surface area contributed by atoms with Gasteiger partial charge in [-0.1, -0.05) is 0 Å². The Morgan fingerprint density at radius 1 is 1.06 bits per heavy atom. The summed E-state index contributed by atoms with van der Waals surface area (Å²) in [7, 11) is 0. The van der Waals surface area contributed by atoms with Crippen molar-refractivity contribution in [3.8, 4) is 0 Å². The maximum absolute atomic E-state index is 9.98. The molecule has 0 aromatic heterocycles. The molecular formula is C6H12Na2O8. The molecule has 0 aromatic rings. The van der Waals surface area contributed by atoms with Gasteiger partial charge in [0.2, 0.25) is 0 Å². The number of carboxylic acids is 1. The molecule has 6 N–H and O–H groups in total. The largest absolute Gasteiger partial charge is 1.00 e. The van der Waals surface area contributed by atoms with Crippen molar-refractivity contribution < 1.29 is 100 Å². The quantitative estimate of drug-likeness (QED) is 0.302. The molecule has 0 aromatic carbocycles. The fourth-order valence-corrected chi connectivity index (χ4v) is 0.662. The Bertz CT molecular complexity index is 180. The Morgan fingerprint density at radius 2 is 1.44 bits per heavy atom. The number of hydrogen-bond donors (Lipinski definition) is 5. The van der Waals surface area contributed by atoms with Crippen LogP contribution in [0.4, 0.5) is 0 Å². The molecule has 0 amide bonds. The Balaban J connectivity index is -0.000000240. The number of carboxylic acid groups (broad SMARTS) is 1. The zero-order valence-electron chi connectivity index (χ0n) is 9.02. The summed E-state index contributed by atoms with van der Waals surface area (Å²) >= 11 is 0. The number of aliphatic carboxylic acids is 1. The molecule has 0 aliphatic heterocycles. The molecule has 0 aliphatic rings. The van der Waals surface area contributed by atoms with Crippen molar-refractivity contribution in [2.24, 2.45) is 0 Å². The number of carbonyl (C=O) groups is 1. The summed E-state index contributed by atoms with van der Waals surface area (Å²) in [6, 6.07) is 0. The van der Waals surface area contributed by atoms with E-state index in [-0.39, 0.29) is 64.6 Å². The predicted octanol–water partition coefficient (Wildman–Crippen LogP) is -11.0. The van der Waals surface area contributed by atoms with Crippen LogP contribution in [0.2, 0.25) is 0 Å². The van der Waals surface area contributed by atoms with Crippen LogP contribution in [0.15, 0.2) is 0 Å². The van der Waals surface area contributed by atoms with Gasteiger partial charge in [-0.2, -0.15) is 0 Å². The van der Waals surface area contributed by atoms with E-state index in [2.05, 4.69) is 0 Å². The third-order valence-electron chi connectivity index (χ3n) is 1.50. The van der Waals surface area contributed by atoms with Gasteiger partial charge in [-0.15, -0.1) is 0 Å². The van der Waals surface area contributed by atoms with Crippen LogP contribution < -0.4 is 64.2 Å². The molecule has 4 unspecified atom stereocenters. The standard InChI is InChI=1S/C6H12O7.2Na.H2O/c7-1-2(8)3(9)4(10)5(11)6(12)13;;;/h2-5,7-11H,1H2,(H,12,13);;;1H2/q;2*+1;/p-2. The van der Waals surface area contributed by atoms with Crippen LogP contribution in [-0.4, -0.2) is 68.0 Å². The second-order valence-corrected chi connectivity index (χ2v) is 2.49. The topological polar surface area (TPSA) is 171 Å². The Morgan fingerprint density at radius 3 is 1.69 bits per heavy atom. The first-order valence-corrected chi connectivity index (χ1v) is 3.45. The third kappa shape index (κ3) is 8.34. The van der Waals surface area contributed by atoms with Crippen molar-refractivity contribution in [3.63, 3.8) is 0 Å². The number of rotatable bonds is 5. The summed E-state index contributed by atoms with van der Waals surface area (Å²) in [6.45, 7) is -0.863. The second kappa shape index (κ2) is 12.7. The molecule has 4 atom stereocenters. The van der Waals surface area contributed by atoms with E-state index in [0.717, 1.165) is 0 Å². The van der Waals surface area contributed by atoms with Crippen molar-refractivity contribution in [3.05, 3.63) is 0 Å². The van der Waals surface area contributed by atoms with Gasteiger partial charge < -0.3 is 40.9 Å². The van der Waals surface area contributed by atoms with E-state index in [4.69, 9.17) is 25.5 Å². The Labute approximate surface area is 136 Å². The average molecular weight is 258 g/mol. The van der Waals surface area contributed by atoms with Crippen molar-refractivity contribution in [2.75, 3.05) is 6.61 Å². The number of carbonyl (C=O) groups excluding carboxylic acids is 1. The van der Waals surface area contributed by atoms with Crippen molar-refractivity contribution in [1.82, 2.24) is 0 Å². The molecule has 0 heterocycles. The van der Waals surface area contributed by atoms with E-state index in [9.17, 15) is 9.90 Å². The minimum absolute atomic E-state index is 0. The molecule has 86 valence electrons. The van der Waals surface area contributed by atoms with Gasteiger partial charge in [-0.3, -0.25) is 0 Å². The molecule has 0 saturated carbocycles. The monoisotopic (exact) mass is 258 g/mol. The van der Waals surface area contributed by atoms with Crippen LogP contribution in [0.25, 0.3) is 0 Å². The van der Waals surface area contributed by atoms with Crippen molar-refractivity contribution in [2.45, 2.75) is 24.4 Å². The van der Waals surface area contributed by atoms with Gasteiger partial charge >= 0.3 is 59.1 Å². The maximum atomic E-state index is 9.98. The smallest absolute Gasteiger partial charge is 0.870 e. The minimum Gasteiger partial charge on any atom is -0.870 e. The summed E-state index contributed by atoms with van der Waals surface area (Å²) in [5.41, 5.74) is 0. The van der Waals surface area contributed by atoms with Crippen LogP contribution in [0.3, 0.4) is 0 Å². The minimum atomic E-state index is -2.31. The summed E-state index contributed by atoms with van der Waals surface area (Å²) in [5.74, 6) is -1.98. The van der Waals surface area contributed by atoms with Gasteiger partial charge in [0.25, 0.3) is 0 Å². The van der Waals surface area contributed by atoms with E-state index in [1.165, 1.54) is 0 Å². The normalized spacial score (nSPS) is 16.6.